The van der Waals surface area contributed by atoms with Gasteiger partial charge in [-0.2, -0.15) is 4.31 Å². The zero-order chi connectivity index (χ0) is 27.3. The molecule has 3 aromatic carbocycles. The number of hydrogen-bond donors (Lipinski definition) is 0. The van der Waals surface area contributed by atoms with Crippen LogP contribution in [0.4, 0.5) is 5.69 Å². The van der Waals surface area contributed by atoms with Crippen molar-refractivity contribution in [1.29, 1.82) is 0 Å². The number of para-hydroxylation sites is 1. The van der Waals surface area contributed by atoms with E-state index in [9.17, 15) is 18.0 Å². The van der Waals surface area contributed by atoms with Gasteiger partial charge in [-0.15, -0.1) is 0 Å². The van der Waals surface area contributed by atoms with Gasteiger partial charge < -0.3 is 14.4 Å². The van der Waals surface area contributed by atoms with Gasteiger partial charge in [-0.3, -0.25) is 4.79 Å². The zero-order valence-electron chi connectivity index (χ0n) is 21.2. The predicted octanol–water partition coefficient (Wildman–Crippen LogP) is 4.81. The van der Waals surface area contributed by atoms with Crippen LogP contribution < -0.4 is 9.64 Å². The van der Waals surface area contributed by atoms with Crippen molar-refractivity contribution in [2.45, 2.75) is 25.3 Å². The van der Waals surface area contributed by atoms with Gasteiger partial charge >= 0.3 is 5.97 Å². The van der Waals surface area contributed by atoms with E-state index in [1.807, 2.05) is 37.3 Å². The maximum absolute atomic E-state index is 13.4. The van der Waals surface area contributed by atoms with E-state index in [-0.39, 0.29) is 27.9 Å². The molecule has 0 aromatic heterocycles. The van der Waals surface area contributed by atoms with Crippen molar-refractivity contribution in [1.82, 2.24) is 4.31 Å². The molecule has 0 saturated carbocycles. The first-order chi connectivity index (χ1) is 18.2. The molecule has 3 aromatic rings. The molecule has 0 bridgehead atoms. The number of ketones is 1. The third-order valence-electron chi connectivity index (χ3n) is 6.28. The highest BCUT2D eigenvalue weighted by atomic mass is 35.5. The van der Waals surface area contributed by atoms with Crippen LogP contribution in [0.5, 0.6) is 5.75 Å². The fourth-order valence-electron chi connectivity index (χ4n) is 4.22. The molecule has 1 aliphatic heterocycles. The summed E-state index contributed by atoms with van der Waals surface area (Å²) in [5, 5.41) is 0.0744. The average Bonchev–Trinajstić information content (AvgIpc) is 2.93. The van der Waals surface area contributed by atoms with Crippen LogP contribution in [0, 0.1) is 0 Å². The molecular formula is C28H29ClN2O6S. The first kappa shape index (κ1) is 27.6. The van der Waals surface area contributed by atoms with E-state index in [0.717, 1.165) is 5.69 Å². The molecule has 0 amide bonds. The summed E-state index contributed by atoms with van der Waals surface area (Å²) in [6, 6.07) is 18.8. The normalized spacial score (nSPS) is 14.2. The van der Waals surface area contributed by atoms with E-state index >= 15 is 0 Å². The van der Waals surface area contributed by atoms with Crippen LogP contribution >= 0.6 is 11.6 Å². The lowest BCUT2D eigenvalue weighted by atomic mass is 10.1. The Morgan fingerprint density at radius 1 is 0.947 bits per heavy atom. The van der Waals surface area contributed by atoms with Crippen molar-refractivity contribution in [3.05, 3.63) is 88.4 Å². The maximum Gasteiger partial charge on any atom is 0.340 e. The lowest BCUT2D eigenvalue weighted by Gasteiger charge is -2.35. The van der Waals surface area contributed by atoms with E-state index in [0.29, 0.717) is 49.7 Å². The highest BCUT2D eigenvalue weighted by molar-refractivity contribution is 7.89. The first-order valence-electron chi connectivity index (χ1n) is 12.2. The van der Waals surface area contributed by atoms with Gasteiger partial charge in [0.25, 0.3) is 0 Å². The Morgan fingerprint density at radius 2 is 1.66 bits per heavy atom. The van der Waals surface area contributed by atoms with E-state index in [1.165, 1.54) is 29.4 Å². The molecule has 1 heterocycles. The van der Waals surface area contributed by atoms with Crippen LogP contribution in [0.15, 0.2) is 71.6 Å². The van der Waals surface area contributed by atoms with Gasteiger partial charge in [0, 0.05) is 43.0 Å². The molecule has 0 unspecified atom stereocenters. The lowest BCUT2D eigenvalue weighted by Crippen LogP contribution is -2.48. The molecule has 1 aliphatic rings. The van der Waals surface area contributed by atoms with Crippen molar-refractivity contribution in [2.24, 2.45) is 0 Å². The molecule has 8 nitrogen and oxygen atoms in total. The number of anilines is 1. The fourth-order valence-corrected chi connectivity index (χ4v) is 5.87. The van der Waals surface area contributed by atoms with Crippen LogP contribution in [-0.2, 0) is 21.4 Å². The van der Waals surface area contributed by atoms with Gasteiger partial charge in [0.1, 0.15) is 12.4 Å². The van der Waals surface area contributed by atoms with Gasteiger partial charge in [-0.05, 0) is 62.4 Å². The van der Waals surface area contributed by atoms with Gasteiger partial charge in [-0.25, -0.2) is 13.2 Å². The van der Waals surface area contributed by atoms with Gasteiger partial charge in [0.2, 0.25) is 10.0 Å². The summed E-state index contributed by atoms with van der Waals surface area (Å²) in [5.41, 5.74) is 1.96. The fraction of sp³-hybridized carbons (Fsp3) is 0.286. The molecule has 10 heteroatoms. The van der Waals surface area contributed by atoms with Gasteiger partial charge in [0.05, 0.1) is 22.1 Å². The number of esters is 1. The highest BCUT2D eigenvalue weighted by Crippen LogP contribution is 2.27. The molecule has 0 spiro atoms. The Labute approximate surface area is 227 Å². The Morgan fingerprint density at radius 3 is 2.32 bits per heavy atom. The van der Waals surface area contributed by atoms with E-state index in [2.05, 4.69) is 4.90 Å². The number of benzene rings is 3. The zero-order valence-corrected chi connectivity index (χ0v) is 22.8. The van der Waals surface area contributed by atoms with Crippen LogP contribution in [0.25, 0.3) is 0 Å². The second-order valence-electron chi connectivity index (χ2n) is 8.76. The number of Topliss-reactive ketones (excluding diaryl/α,β-unsaturated/α-hetero) is 1. The van der Waals surface area contributed by atoms with Crippen LogP contribution in [0.2, 0.25) is 5.02 Å². The first-order valence-corrected chi connectivity index (χ1v) is 14.1. The number of carbonyl (C=O) groups is 2. The Hall–Kier alpha value is -3.40. The van der Waals surface area contributed by atoms with E-state index in [1.54, 1.807) is 18.2 Å². The summed E-state index contributed by atoms with van der Waals surface area (Å²) in [4.78, 5) is 26.8. The molecule has 0 aliphatic carbocycles. The van der Waals surface area contributed by atoms with Gasteiger partial charge in [-0.1, -0.05) is 29.8 Å². The van der Waals surface area contributed by atoms with Crippen molar-refractivity contribution in [3.8, 4) is 5.75 Å². The van der Waals surface area contributed by atoms with E-state index < -0.39 is 16.0 Å². The number of rotatable bonds is 9. The number of halogens is 1. The molecule has 1 fully saturated rings. The Balaban J connectivity index is 1.48. The third kappa shape index (κ3) is 6.18. The van der Waals surface area contributed by atoms with Crippen molar-refractivity contribution in [2.75, 3.05) is 37.7 Å². The standard InChI is InChI=1S/C28H29ClN2O6S/c1-3-36-27-12-9-21(20(2)32)17-22(27)19-37-28(33)25-18-24(10-11-26(25)29)38(34,35)31-15-13-30(14-16-31)23-7-5-4-6-8-23/h4-12,17-18H,3,13-16,19H2,1-2H3. The molecule has 0 N–H and O–H groups in total. The van der Waals surface area contributed by atoms with Crippen molar-refractivity contribution >= 4 is 39.1 Å². The summed E-state index contributed by atoms with van der Waals surface area (Å²) in [6.07, 6.45) is 0. The summed E-state index contributed by atoms with van der Waals surface area (Å²) >= 11 is 6.26. The smallest absolute Gasteiger partial charge is 0.340 e. The summed E-state index contributed by atoms with van der Waals surface area (Å²) in [5.74, 6) is -0.426. The number of ether oxygens (including phenoxy) is 2. The molecule has 4 rings (SSSR count). The Bertz CT molecular complexity index is 1420. The largest absolute Gasteiger partial charge is 0.493 e. The molecule has 1 saturated heterocycles. The summed E-state index contributed by atoms with van der Waals surface area (Å²) in [6.45, 7) is 5.20. The van der Waals surface area contributed by atoms with Crippen LogP contribution in [-0.4, -0.2) is 57.3 Å². The quantitative estimate of drug-likeness (QED) is 0.276. The lowest BCUT2D eigenvalue weighted by molar-refractivity contribution is 0.0469. The van der Waals surface area contributed by atoms with Crippen molar-refractivity contribution in [3.63, 3.8) is 0 Å². The van der Waals surface area contributed by atoms with Crippen LogP contribution in [0.3, 0.4) is 0 Å². The monoisotopic (exact) mass is 556 g/mol. The van der Waals surface area contributed by atoms with Gasteiger partial charge in [0.15, 0.2) is 5.78 Å². The second kappa shape index (κ2) is 12.0. The minimum absolute atomic E-state index is 0.0319. The van der Waals surface area contributed by atoms with Crippen LogP contribution in [0.1, 0.15) is 40.1 Å². The second-order valence-corrected chi connectivity index (χ2v) is 11.1. The number of hydrogen-bond acceptors (Lipinski definition) is 7. The van der Waals surface area contributed by atoms with E-state index in [4.69, 9.17) is 21.1 Å². The minimum Gasteiger partial charge on any atom is -0.493 e. The predicted molar refractivity (Wildman–Crippen MR) is 146 cm³/mol. The molecular weight excluding hydrogens is 528 g/mol. The minimum atomic E-state index is -3.85. The Kier molecular flexibility index (Phi) is 8.71. The SMILES string of the molecule is CCOc1ccc(C(C)=O)cc1COC(=O)c1cc(S(=O)(=O)N2CCN(c3ccccc3)CC2)ccc1Cl. The number of piperazine rings is 1. The topological polar surface area (TPSA) is 93.2 Å². The molecule has 200 valence electrons. The maximum atomic E-state index is 13.4. The molecule has 0 atom stereocenters. The highest BCUT2D eigenvalue weighted by Gasteiger charge is 2.30. The number of carbonyl (C=O) groups excluding carboxylic acids is 2. The summed E-state index contributed by atoms with van der Waals surface area (Å²) < 4.78 is 39.2. The molecule has 38 heavy (non-hydrogen) atoms. The summed E-state index contributed by atoms with van der Waals surface area (Å²) in [7, 11) is -3.85. The molecule has 0 radical (unpaired) electrons. The number of sulfonamides is 1. The van der Waals surface area contributed by atoms with Crippen molar-refractivity contribution < 1.29 is 27.5 Å². The number of nitrogens with zero attached hydrogens (tertiary/aromatic N) is 2. The third-order valence-corrected chi connectivity index (χ3v) is 8.51. The average molecular weight is 557 g/mol.